The lowest BCUT2D eigenvalue weighted by Gasteiger charge is -2.28. The van der Waals surface area contributed by atoms with Gasteiger partial charge in [-0.3, -0.25) is 5.10 Å². The number of rotatable bonds is 7. The lowest BCUT2D eigenvalue weighted by Crippen LogP contribution is -2.38. The second-order valence-electron chi connectivity index (χ2n) is 5.75. The van der Waals surface area contributed by atoms with Crippen LogP contribution in [0.3, 0.4) is 0 Å². The molecule has 7 heteroatoms. The van der Waals surface area contributed by atoms with Crippen molar-refractivity contribution in [3.8, 4) is 0 Å². The molecule has 0 radical (unpaired) electrons. The highest BCUT2D eigenvalue weighted by Gasteiger charge is 2.27. The Bertz CT molecular complexity index is 533. The first-order valence-corrected chi connectivity index (χ1v) is 9.30. The Labute approximate surface area is 127 Å². The standard InChI is InChI=1S/C14H26N4O2S/c1-3-11-5-7-13(8-6-11)18-21(19,20)14-12(9-15-4-2)10-16-17-14/h10-11,13,15,18H,3-9H2,1-2H3,(H,16,17). The van der Waals surface area contributed by atoms with E-state index in [0.717, 1.165) is 38.1 Å². The number of hydrogen-bond donors (Lipinski definition) is 3. The maximum Gasteiger partial charge on any atom is 0.258 e. The van der Waals surface area contributed by atoms with Gasteiger partial charge in [-0.25, -0.2) is 13.1 Å². The number of sulfonamides is 1. The van der Waals surface area contributed by atoms with Crippen molar-refractivity contribution in [1.82, 2.24) is 20.2 Å². The van der Waals surface area contributed by atoms with Gasteiger partial charge in [0.15, 0.2) is 5.03 Å². The Morgan fingerprint density at radius 1 is 1.29 bits per heavy atom. The van der Waals surface area contributed by atoms with Gasteiger partial charge in [0.1, 0.15) is 0 Å². The van der Waals surface area contributed by atoms with Crippen LogP contribution in [0.5, 0.6) is 0 Å². The Hall–Kier alpha value is -0.920. The minimum absolute atomic E-state index is 0.0492. The minimum Gasteiger partial charge on any atom is -0.313 e. The van der Waals surface area contributed by atoms with Crippen LogP contribution in [0.25, 0.3) is 0 Å². The minimum atomic E-state index is -3.51. The number of aromatic nitrogens is 2. The fourth-order valence-corrected chi connectivity index (χ4v) is 4.32. The molecule has 0 unspecified atom stereocenters. The monoisotopic (exact) mass is 314 g/mol. The average molecular weight is 314 g/mol. The average Bonchev–Trinajstić information content (AvgIpc) is 2.95. The molecular weight excluding hydrogens is 288 g/mol. The maximum absolute atomic E-state index is 12.5. The van der Waals surface area contributed by atoms with E-state index in [4.69, 9.17) is 0 Å². The predicted molar refractivity (Wildman–Crippen MR) is 82.3 cm³/mol. The first-order valence-electron chi connectivity index (χ1n) is 7.82. The lowest BCUT2D eigenvalue weighted by atomic mass is 9.85. The fraction of sp³-hybridized carbons (Fsp3) is 0.786. The third-order valence-corrected chi connectivity index (χ3v) is 5.79. The summed E-state index contributed by atoms with van der Waals surface area (Å²) in [4.78, 5) is 0. The van der Waals surface area contributed by atoms with Crippen molar-refractivity contribution in [3.63, 3.8) is 0 Å². The van der Waals surface area contributed by atoms with Crippen molar-refractivity contribution in [2.45, 2.75) is 63.6 Å². The second-order valence-corrected chi connectivity index (χ2v) is 7.40. The molecule has 0 bridgehead atoms. The zero-order chi connectivity index (χ0) is 15.3. The van der Waals surface area contributed by atoms with Crippen LogP contribution in [0.2, 0.25) is 0 Å². The molecule has 1 saturated carbocycles. The zero-order valence-electron chi connectivity index (χ0n) is 12.9. The fourth-order valence-electron chi connectivity index (χ4n) is 2.88. The van der Waals surface area contributed by atoms with Gasteiger partial charge in [-0.05, 0) is 38.1 Å². The number of aromatic amines is 1. The van der Waals surface area contributed by atoms with E-state index < -0.39 is 10.0 Å². The van der Waals surface area contributed by atoms with E-state index in [1.54, 1.807) is 6.20 Å². The van der Waals surface area contributed by atoms with Crippen LogP contribution >= 0.6 is 0 Å². The van der Waals surface area contributed by atoms with Crippen LogP contribution in [0.15, 0.2) is 11.2 Å². The second kappa shape index (κ2) is 7.38. The topological polar surface area (TPSA) is 86.9 Å². The maximum atomic E-state index is 12.5. The van der Waals surface area contributed by atoms with Crippen LogP contribution in [-0.2, 0) is 16.6 Å². The van der Waals surface area contributed by atoms with Gasteiger partial charge in [-0.1, -0.05) is 20.3 Å². The third-order valence-electron chi connectivity index (χ3n) is 4.26. The van der Waals surface area contributed by atoms with E-state index in [2.05, 4.69) is 27.2 Å². The molecule has 0 aromatic carbocycles. The molecule has 1 aliphatic rings. The Morgan fingerprint density at radius 3 is 2.62 bits per heavy atom. The van der Waals surface area contributed by atoms with Gasteiger partial charge < -0.3 is 5.32 Å². The van der Waals surface area contributed by atoms with Crippen LogP contribution < -0.4 is 10.0 Å². The molecule has 0 atom stereocenters. The summed E-state index contributed by atoms with van der Waals surface area (Å²) >= 11 is 0. The van der Waals surface area contributed by atoms with Gasteiger partial charge in [-0.2, -0.15) is 5.10 Å². The lowest BCUT2D eigenvalue weighted by molar-refractivity contribution is 0.306. The van der Waals surface area contributed by atoms with Crippen LogP contribution in [0.1, 0.15) is 51.5 Å². The van der Waals surface area contributed by atoms with Crippen LogP contribution in [0, 0.1) is 5.92 Å². The molecular formula is C14H26N4O2S. The van der Waals surface area contributed by atoms with E-state index in [0.29, 0.717) is 12.1 Å². The van der Waals surface area contributed by atoms with E-state index in [-0.39, 0.29) is 11.1 Å². The highest BCUT2D eigenvalue weighted by molar-refractivity contribution is 7.89. The summed E-state index contributed by atoms with van der Waals surface area (Å²) < 4.78 is 27.8. The normalized spacial score (nSPS) is 23.3. The Balaban J connectivity index is 2.00. The summed E-state index contributed by atoms with van der Waals surface area (Å²) in [6.45, 7) is 5.48. The highest BCUT2D eigenvalue weighted by atomic mass is 32.2. The summed E-state index contributed by atoms with van der Waals surface area (Å²) in [5, 5.41) is 9.82. The number of nitrogens with zero attached hydrogens (tertiary/aromatic N) is 1. The molecule has 3 N–H and O–H groups in total. The predicted octanol–water partition coefficient (Wildman–Crippen LogP) is 1.77. The number of nitrogens with one attached hydrogen (secondary N) is 3. The number of H-pyrrole nitrogens is 1. The van der Waals surface area contributed by atoms with Crippen molar-refractivity contribution in [2.75, 3.05) is 6.54 Å². The van der Waals surface area contributed by atoms with Crippen molar-refractivity contribution in [1.29, 1.82) is 0 Å². The first-order chi connectivity index (χ1) is 10.1. The van der Waals surface area contributed by atoms with Crippen molar-refractivity contribution >= 4 is 10.0 Å². The van der Waals surface area contributed by atoms with Gasteiger partial charge in [0, 0.05) is 18.2 Å². The van der Waals surface area contributed by atoms with Gasteiger partial charge in [0.05, 0.1) is 6.20 Å². The Kier molecular flexibility index (Phi) is 5.78. The largest absolute Gasteiger partial charge is 0.313 e. The smallest absolute Gasteiger partial charge is 0.258 e. The van der Waals surface area contributed by atoms with Gasteiger partial charge in [-0.15, -0.1) is 0 Å². The molecule has 0 aliphatic heterocycles. The molecule has 1 heterocycles. The molecule has 1 aromatic heterocycles. The molecule has 6 nitrogen and oxygen atoms in total. The van der Waals surface area contributed by atoms with Crippen molar-refractivity contribution in [3.05, 3.63) is 11.8 Å². The highest BCUT2D eigenvalue weighted by Crippen LogP contribution is 2.27. The molecule has 2 rings (SSSR count). The van der Waals surface area contributed by atoms with Gasteiger partial charge in [0.2, 0.25) is 0 Å². The molecule has 0 spiro atoms. The summed E-state index contributed by atoms with van der Waals surface area (Å²) in [7, 11) is -3.51. The van der Waals surface area contributed by atoms with Crippen LogP contribution in [-0.4, -0.2) is 31.2 Å². The summed E-state index contributed by atoms with van der Waals surface area (Å²) in [5.74, 6) is 0.752. The van der Waals surface area contributed by atoms with E-state index in [1.807, 2.05) is 6.92 Å². The van der Waals surface area contributed by atoms with Crippen LogP contribution in [0.4, 0.5) is 0 Å². The van der Waals surface area contributed by atoms with Crippen molar-refractivity contribution in [2.24, 2.45) is 5.92 Å². The molecule has 0 amide bonds. The molecule has 120 valence electrons. The summed E-state index contributed by atoms with van der Waals surface area (Å²) in [5.41, 5.74) is 0.687. The van der Waals surface area contributed by atoms with Gasteiger partial charge in [0.25, 0.3) is 10.0 Å². The third kappa shape index (κ3) is 4.28. The van der Waals surface area contributed by atoms with E-state index in [1.165, 1.54) is 6.42 Å². The van der Waals surface area contributed by atoms with Crippen molar-refractivity contribution < 1.29 is 8.42 Å². The molecule has 0 saturated heterocycles. The van der Waals surface area contributed by atoms with Gasteiger partial charge >= 0.3 is 0 Å². The zero-order valence-corrected chi connectivity index (χ0v) is 13.7. The first kappa shape index (κ1) is 16.5. The molecule has 1 aromatic rings. The SMILES string of the molecule is CCNCc1cn[nH]c1S(=O)(=O)NC1CCC(CC)CC1. The van der Waals surface area contributed by atoms with E-state index >= 15 is 0 Å². The summed E-state index contributed by atoms with van der Waals surface area (Å²) in [6, 6.07) is 0.0492. The Morgan fingerprint density at radius 2 is 2.00 bits per heavy atom. The summed E-state index contributed by atoms with van der Waals surface area (Å²) in [6.07, 6.45) is 6.83. The molecule has 1 aliphatic carbocycles. The number of hydrogen-bond acceptors (Lipinski definition) is 4. The molecule has 21 heavy (non-hydrogen) atoms. The van der Waals surface area contributed by atoms with E-state index in [9.17, 15) is 8.42 Å². The quantitative estimate of drug-likeness (QED) is 0.716. The molecule has 1 fully saturated rings.